The highest BCUT2D eigenvalue weighted by molar-refractivity contribution is 5.87. The van der Waals surface area contributed by atoms with Gasteiger partial charge in [-0.05, 0) is 11.4 Å². The maximum atomic E-state index is 9.47. The van der Waals surface area contributed by atoms with Gasteiger partial charge in [-0.1, -0.05) is 77.9 Å². The molecular weight excluding hydrogens is 208 g/mol. The highest BCUT2D eigenvalue weighted by Crippen LogP contribution is 2.22. The Balaban J connectivity index is 0. The molecule has 0 atom stereocenters. The Kier molecular flexibility index (Phi) is 11.5. The first kappa shape index (κ1) is 15.5. The van der Waals surface area contributed by atoms with Crippen molar-refractivity contribution in [3.63, 3.8) is 0 Å². The van der Waals surface area contributed by atoms with Crippen molar-refractivity contribution in [2.45, 2.75) is 41.5 Å². The highest BCUT2D eigenvalue weighted by Gasteiger charge is 1.94. The van der Waals surface area contributed by atoms with Gasteiger partial charge in [0.2, 0.25) is 0 Å². The van der Waals surface area contributed by atoms with Crippen LogP contribution in [0.5, 0.6) is 5.75 Å². The van der Waals surface area contributed by atoms with E-state index in [-0.39, 0.29) is 11.8 Å². The van der Waals surface area contributed by atoms with Gasteiger partial charge in [-0.25, -0.2) is 0 Å². The lowest BCUT2D eigenvalue weighted by Crippen LogP contribution is -1.70. The molecule has 0 aromatic heterocycles. The van der Waals surface area contributed by atoms with Crippen LogP contribution < -0.4 is 0 Å². The summed E-state index contributed by atoms with van der Waals surface area (Å²) in [4.78, 5) is 0. The van der Waals surface area contributed by atoms with Crippen LogP contribution >= 0.6 is 0 Å². The molecular formula is C16H26O. The molecule has 2 aromatic rings. The van der Waals surface area contributed by atoms with E-state index in [0.717, 1.165) is 10.8 Å². The van der Waals surface area contributed by atoms with Gasteiger partial charge in [0.15, 0.2) is 0 Å². The second-order valence-electron chi connectivity index (χ2n) is 2.41. The molecule has 0 heterocycles. The van der Waals surface area contributed by atoms with Crippen molar-refractivity contribution in [1.82, 2.24) is 0 Å². The SMILES string of the molecule is CC.CC.CC.[2H]c1ccc2ccccc2c1O. The maximum absolute atomic E-state index is 9.47. The average molecular weight is 235 g/mol. The minimum atomic E-state index is 0.0631. The lowest BCUT2D eigenvalue weighted by molar-refractivity contribution is 0.481. The fourth-order valence-electron chi connectivity index (χ4n) is 1.15. The summed E-state index contributed by atoms with van der Waals surface area (Å²) in [6.07, 6.45) is 0. The third-order valence-electron chi connectivity index (χ3n) is 1.70. The van der Waals surface area contributed by atoms with E-state index >= 15 is 0 Å². The molecule has 0 aliphatic carbocycles. The van der Waals surface area contributed by atoms with Gasteiger partial charge < -0.3 is 5.11 Å². The predicted molar refractivity (Wildman–Crippen MR) is 79.7 cm³/mol. The topological polar surface area (TPSA) is 20.2 Å². The molecule has 0 unspecified atom stereocenters. The van der Waals surface area contributed by atoms with Gasteiger partial charge in [0.25, 0.3) is 0 Å². The molecule has 1 heteroatoms. The molecule has 1 N–H and O–H groups in total. The van der Waals surface area contributed by atoms with E-state index in [0.29, 0.717) is 0 Å². The smallest absolute Gasteiger partial charge is 0.123 e. The van der Waals surface area contributed by atoms with Crippen LogP contribution in [0.3, 0.4) is 0 Å². The molecule has 0 spiro atoms. The largest absolute Gasteiger partial charge is 0.507 e. The second kappa shape index (κ2) is 12.6. The van der Waals surface area contributed by atoms with Crippen LogP contribution in [0.25, 0.3) is 10.8 Å². The average Bonchev–Trinajstić information content (AvgIpc) is 2.49. The Labute approximate surface area is 108 Å². The number of benzene rings is 2. The molecule has 0 saturated heterocycles. The van der Waals surface area contributed by atoms with E-state index in [1.165, 1.54) is 0 Å². The van der Waals surface area contributed by atoms with Gasteiger partial charge in [0.05, 0.1) is 1.37 Å². The van der Waals surface area contributed by atoms with E-state index in [9.17, 15) is 5.11 Å². The van der Waals surface area contributed by atoms with Crippen LogP contribution in [-0.2, 0) is 0 Å². The minimum Gasteiger partial charge on any atom is -0.507 e. The maximum Gasteiger partial charge on any atom is 0.123 e. The summed E-state index contributed by atoms with van der Waals surface area (Å²) in [5.41, 5.74) is 0. The molecule has 0 fully saturated rings. The van der Waals surface area contributed by atoms with Crippen molar-refractivity contribution in [2.24, 2.45) is 0 Å². The molecule has 0 amide bonds. The number of hydrogen-bond donors (Lipinski definition) is 1. The summed E-state index contributed by atoms with van der Waals surface area (Å²) in [5.74, 6) is 0.0631. The molecule has 0 radical (unpaired) electrons. The van der Waals surface area contributed by atoms with E-state index < -0.39 is 0 Å². The molecule has 2 aromatic carbocycles. The first-order chi connectivity index (χ1) is 8.79. The fourth-order valence-corrected chi connectivity index (χ4v) is 1.15. The Hall–Kier alpha value is -1.50. The number of phenolic OH excluding ortho intramolecular Hbond substituents is 1. The summed E-state index contributed by atoms with van der Waals surface area (Å²) in [5, 5.41) is 11.2. The van der Waals surface area contributed by atoms with E-state index in [1.54, 1.807) is 6.07 Å². The first-order valence-corrected chi connectivity index (χ1v) is 6.46. The van der Waals surface area contributed by atoms with E-state index in [4.69, 9.17) is 1.37 Å². The zero-order valence-corrected chi connectivity index (χ0v) is 11.9. The van der Waals surface area contributed by atoms with Gasteiger partial charge >= 0.3 is 0 Å². The van der Waals surface area contributed by atoms with Crippen LogP contribution in [0, 0.1) is 0 Å². The van der Waals surface area contributed by atoms with E-state index in [1.807, 2.05) is 71.9 Å². The molecule has 0 aliphatic rings. The standard InChI is InChI=1S/C10H8O.3C2H6/c11-10-7-3-5-8-4-1-2-6-9(8)10;3*1-2/h1-7,11H;3*1-2H3/i7D;;;. The van der Waals surface area contributed by atoms with Gasteiger partial charge in [-0.3, -0.25) is 0 Å². The lowest BCUT2D eigenvalue weighted by Gasteiger charge is -1.97. The van der Waals surface area contributed by atoms with Crippen molar-refractivity contribution >= 4 is 10.8 Å². The zero-order chi connectivity index (χ0) is 14.6. The third kappa shape index (κ3) is 5.96. The Morgan fingerprint density at radius 2 is 1.29 bits per heavy atom. The summed E-state index contributed by atoms with van der Waals surface area (Å²) in [6.45, 7) is 12.0. The van der Waals surface area contributed by atoms with Crippen molar-refractivity contribution in [2.75, 3.05) is 0 Å². The molecule has 0 saturated carbocycles. The first-order valence-electron chi connectivity index (χ1n) is 6.96. The molecule has 2 rings (SSSR count). The molecule has 0 aliphatic heterocycles. The van der Waals surface area contributed by atoms with Crippen LogP contribution in [0.1, 0.15) is 42.9 Å². The number of rotatable bonds is 0. The molecule has 1 nitrogen and oxygen atoms in total. The molecule has 17 heavy (non-hydrogen) atoms. The van der Waals surface area contributed by atoms with Crippen molar-refractivity contribution < 1.29 is 6.48 Å². The van der Waals surface area contributed by atoms with Gasteiger partial charge in [0.1, 0.15) is 5.75 Å². The van der Waals surface area contributed by atoms with E-state index in [2.05, 4.69) is 0 Å². The second-order valence-corrected chi connectivity index (χ2v) is 2.41. The van der Waals surface area contributed by atoms with Crippen molar-refractivity contribution in [3.05, 3.63) is 42.4 Å². The van der Waals surface area contributed by atoms with Crippen LogP contribution in [0.2, 0.25) is 0 Å². The van der Waals surface area contributed by atoms with Crippen molar-refractivity contribution in [3.8, 4) is 5.75 Å². The number of aromatic hydroxyl groups is 1. The monoisotopic (exact) mass is 235 g/mol. The Morgan fingerprint density at radius 1 is 0.824 bits per heavy atom. The minimum absolute atomic E-state index is 0.0631. The lowest BCUT2D eigenvalue weighted by atomic mass is 10.1. The fraction of sp³-hybridized carbons (Fsp3) is 0.375. The Bertz CT molecular complexity index is 424. The summed E-state index contributed by atoms with van der Waals surface area (Å²) in [6, 6.07) is 11.1. The van der Waals surface area contributed by atoms with Crippen LogP contribution in [-0.4, -0.2) is 5.11 Å². The van der Waals surface area contributed by atoms with Gasteiger partial charge in [-0.2, -0.15) is 0 Å². The van der Waals surface area contributed by atoms with Crippen molar-refractivity contribution in [1.29, 1.82) is 0 Å². The Morgan fingerprint density at radius 3 is 1.88 bits per heavy atom. The van der Waals surface area contributed by atoms with Gasteiger partial charge in [-0.15, -0.1) is 0 Å². The van der Waals surface area contributed by atoms with Crippen LogP contribution in [0.15, 0.2) is 42.4 Å². The highest BCUT2D eigenvalue weighted by atomic mass is 16.3. The van der Waals surface area contributed by atoms with Crippen LogP contribution in [0.4, 0.5) is 0 Å². The summed E-state index contributed by atoms with van der Waals surface area (Å²) >= 11 is 0. The van der Waals surface area contributed by atoms with Gasteiger partial charge in [0, 0.05) is 5.39 Å². The zero-order valence-electron chi connectivity index (χ0n) is 12.9. The summed E-state index contributed by atoms with van der Waals surface area (Å²) < 4.78 is 7.35. The molecule has 96 valence electrons. The number of phenols is 1. The number of hydrogen-bond acceptors (Lipinski definition) is 1. The number of fused-ring (bicyclic) bond motifs is 1. The quantitative estimate of drug-likeness (QED) is 0.628. The normalized spacial score (nSPS) is 8.47. The third-order valence-corrected chi connectivity index (χ3v) is 1.70. The summed E-state index contributed by atoms with van der Waals surface area (Å²) in [7, 11) is 0. The molecule has 0 bridgehead atoms. The predicted octanol–water partition coefficient (Wildman–Crippen LogP) is 5.62.